The second-order valence-electron chi connectivity index (χ2n) is 5.46. The summed E-state index contributed by atoms with van der Waals surface area (Å²) in [4.78, 5) is 5.58. The lowest BCUT2D eigenvalue weighted by Crippen LogP contribution is -2.13. The third-order valence-electron chi connectivity index (χ3n) is 3.94. The van der Waals surface area contributed by atoms with Crippen molar-refractivity contribution >= 4 is 17.0 Å². The molecule has 0 radical (unpaired) electrons. The maximum Gasteiger partial charge on any atom is 0.0992 e. The topological polar surface area (TPSA) is 29.9 Å². The number of nitrogens with zero attached hydrogens (tertiary/aromatic N) is 2. The largest absolute Gasteiger partial charge is 0.375 e. The summed E-state index contributed by atoms with van der Waals surface area (Å²) in [7, 11) is 0. The van der Waals surface area contributed by atoms with Gasteiger partial charge in [-0.3, -0.25) is 0 Å². The molecule has 0 spiro atoms. The molecule has 21 heavy (non-hydrogen) atoms. The van der Waals surface area contributed by atoms with E-state index in [1.807, 2.05) is 30.1 Å². The molecule has 0 saturated heterocycles. The Morgan fingerprint density at radius 1 is 1.19 bits per heavy atom. The lowest BCUT2D eigenvalue weighted by Gasteiger charge is -2.20. The molecular formula is C17H17N3S. The quantitative estimate of drug-likeness (QED) is 0.751. The van der Waals surface area contributed by atoms with Gasteiger partial charge in [-0.05, 0) is 42.3 Å². The van der Waals surface area contributed by atoms with Crippen LogP contribution < -0.4 is 5.32 Å². The third kappa shape index (κ3) is 2.59. The molecule has 0 aliphatic heterocycles. The minimum Gasteiger partial charge on any atom is -0.375 e. The Labute approximate surface area is 128 Å². The van der Waals surface area contributed by atoms with Crippen molar-refractivity contribution in [1.29, 1.82) is 0 Å². The highest BCUT2D eigenvalue weighted by atomic mass is 32.1. The first-order valence-electron chi connectivity index (χ1n) is 7.29. The monoisotopic (exact) mass is 295 g/mol. The number of para-hydroxylation sites is 2. The number of thiophene rings is 1. The lowest BCUT2D eigenvalue weighted by atomic mass is 10.1. The van der Waals surface area contributed by atoms with Crippen LogP contribution in [0.2, 0.25) is 0 Å². The number of nitrogens with one attached hydrogen (secondary N) is 1. The van der Waals surface area contributed by atoms with Crippen LogP contribution in [0, 0.1) is 5.92 Å². The Kier molecular flexibility index (Phi) is 3.24. The fraction of sp³-hybridized carbons (Fsp3) is 0.235. The number of hydrogen-bond donors (Lipinski definition) is 1. The summed E-state index contributed by atoms with van der Waals surface area (Å²) in [5.41, 5.74) is 2.32. The summed E-state index contributed by atoms with van der Waals surface area (Å²) in [5, 5.41) is 5.92. The van der Waals surface area contributed by atoms with Crippen LogP contribution in [0.4, 0.5) is 5.69 Å². The Bertz CT molecular complexity index is 699. The molecule has 4 heteroatoms. The van der Waals surface area contributed by atoms with Crippen molar-refractivity contribution in [2.24, 2.45) is 5.92 Å². The van der Waals surface area contributed by atoms with Gasteiger partial charge in [-0.25, -0.2) is 4.98 Å². The summed E-state index contributed by atoms with van der Waals surface area (Å²) in [6, 6.07) is 13.2. The van der Waals surface area contributed by atoms with Crippen molar-refractivity contribution in [3.63, 3.8) is 0 Å². The molecule has 3 nitrogen and oxygen atoms in total. The zero-order chi connectivity index (χ0) is 14.1. The standard InChI is InChI=1S/C17H17N3S/c1-2-5-15(20-10-9-18-12-20)14(4-1)19-17(13-7-8-13)16-6-3-11-21-16/h1-6,9-13,17,19H,7-8H2. The third-order valence-corrected chi connectivity index (χ3v) is 4.90. The second-order valence-corrected chi connectivity index (χ2v) is 6.44. The normalized spacial score (nSPS) is 15.8. The highest BCUT2D eigenvalue weighted by Gasteiger charge is 2.33. The first-order valence-corrected chi connectivity index (χ1v) is 8.17. The van der Waals surface area contributed by atoms with Gasteiger partial charge in [0.25, 0.3) is 0 Å². The van der Waals surface area contributed by atoms with E-state index in [1.54, 1.807) is 0 Å². The lowest BCUT2D eigenvalue weighted by molar-refractivity contribution is 0.690. The van der Waals surface area contributed by atoms with Gasteiger partial charge in [0.2, 0.25) is 0 Å². The van der Waals surface area contributed by atoms with Crippen LogP contribution in [0.1, 0.15) is 23.8 Å². The molecule has 106 valence electrons. The molecule has 3 aromatic rings. The first-order chi connectivity index (χ1) is 10.4. The van der Waals surface area contributed by atoms with E-state index in [9.17, 15) is 0 Å². The van der Waals surface area contributed by atoms with Gasteiger partial charge in [-0.2, -0.15) is 0 Å². The minimum absolute atomic E-state index is 0.426. The highest BCUT2D eigenvalue weighted by molar-refractivity contribution is 7.10. The zero-order valence-electron chi connectivity index (χ0n) is 11.6. The Morgan fingerprint density at radius 2 is 2.10 bits per heavy atom. The van der Waals surface area contributed by atoms with Crippen molar-refractivity contribution in [2.75, 3.05) is 5.32 Å². The van der Waals surface area contributed by atoms with Crippen molar-refractivity contribution in [2.45, 2.75) is 18.9 Å². The smallest absolute Gasteiger partial charge is 0.0992 e. The molecule has 1 aliphatic rings. The fourth-order valence-corrected chi connectivity index (χ4v) is 3.58. The van der Waals surface area contributed by atoms with E-state index in [4.69, 9.17) is 0 Å². The number of hydrogen-bond acceptors (Lipinski definition) is 3. The van der Waals surface area contributed by atoms with Crippen molar-refractivity contribution in [3.8, 4) is 5.69 Å². The average molecular weight is 295 g/mol. The molecule has 2 heterocycles. The zero-order valence-corrected chi connectivity index (χ0v) is 12.5. The van der Waals surface area contributed by atoms with Crippen molar-refractivity contribution < 1.29 is 0 Å². The van der Waals surface area contributed by atoms with Crippen LogP contribution in [-0.4, -0.2) is 9.55 Å². The molecule has 1 saturated carbocycles. The summed E-state index contributed by atoms with van der Waals surface area (Å²) in [6.45, 7) is 0. The Hall–Kier alpha value is -2.07. The van der Waals surface area contributed by atoms with E-state index in [1.165, 1.54) is 23.4 Å². The van der Waals surface area contributed by atoms with Gasteiger partial charge in [-0.15, -0.1) is 11.3 Å². The maximum atomic E-state index is 4.15. The van der Waals surface area contributed by atoms with E-state index in [0.717, 1.165) is 11.6 Å². The van der Waals surface area contributed by atoms with E-state index < -0.39 is 0 Å². The van der Waals surface area contributed by atoms with Gasteiger partial charge in [-0.1, -0.05) is 18.2 Å². The number of benzene rings is 1. The second kappa shape index (κ2) is 5.37. The maximum absolute atomic E-state index is 4.15. The predicted octanol–water partition coefficient (Wildman–Crippen LogP) is 4.50. The van der Waals surface area contributed by atoms with E-state index >= 15 is 0 Å². The number of imidazole rings is 1. The van der Waals surface area contributed by atoms with Gasteiger partial charge in [0.15, 0.2) is 0 Å². The molecule has 1 fully saturated rings. The van der Waals surface area contributed by atoms with E-state index in [0.29, 0.717) is 6.04 Å². The van der Waals surface area contributed by atoms with Crippen LogP contribution in [0.25, 0.3) is 5.69 Å². The molecule has 1 unspecified atom stereocenters. The van der Waals surface area contributed by atoms with E-state index in [2.05, 4.69) is 56.6 Å². The molecule has 0 bridgehead atoms. The van der Waals surface area contributed by atoms with Gasteiger partial charge < -0.3 is 9.88 Å². The summed E-state index contributed by atoms with van der Waals surface area (Å²) >= 11 is 1.84. The molecule has 4 rings (SSSR count). The van der Waals surface area contributed by atoms with Crippen LogP contribution in [0.5, 0.6) is 0 Å². The SMILES string of the molecule is c1csc(C(Nc2ccccc2-n2ccnc2)C2CC2)c1. The summed E-state index contributed by atoms with van der Waals surface area (Å²) in [5.74, 6) is 0.763. The highest BCUT2D eigenvalue weighted by Crippen LogP contribution is 2.44. The summed E-state index contributed by atoms with van der Waals surface area (Å²) in [6.07, 6.45) is 8.29. The minimum atomic E-state index is 0.426. The van der Waals surface area contributed by atoms with Gasteiger partial charge in [0.1, 0.15) is 0 Å². The fourth-order valence-electron chi connectivity index (χ4n) is 2.71. The van der Waals surface area contributed by atoms with Crippen molar-refractivity contribution in [1.82, 2.24) is 9.55 Å². The molecule has 0 amide bonds. The average Bonchev–Trinajstić information content (AvgIpc) is 3.01. The number of anilines is 1. The molecular weight excluding hydrogens is 278 g/mol. The number of aromatic nitrogens is 2. The van der Waals surface area contributed by atoms with Gasteiger partial charge >= 0.3 is 0 Å². The molecule has 1 atom stereocenters. The van der Waals surface area contributed by atoms with Crippen molar-refractivity contribution in [3.05, 3.63) is 65.4 Å². The van der Waals surface area contributed by atoms with Crippen LogP contribution in [0.3, 0.4) is 0 Å². The number of rotatable bonds is 5. The Balaban J connectivity index is 1.67. The van der Waals surface area contributed by atoms with Crippen LogP contribution in [-0.2, 0) is 0 Å². The van der Waals surface area contributed by atoms with Gasteiger partial charge in [0.05, 0.1) is 23.7 Å². The van der Waals surface area contributed by atoms with Crippen LogP contribution in [0.15, 0.2) is 60.5 Å². The van der Waals surface area contributed by atoms with Gasteiger partial charge in [0, 0.05) is 17.3 Å². The van der Waals surface area contributed by atoms with E-state index in [-0.39, 0.29) is 0 Å². The first kappa shape index (κ1) is 12.7. The summed E-state index contributed by atoms with van der Waals surface area (Å²) < 4.78 is 2.06. The molecule has 2 aromatic heterocycles. The predicted molar refractivity (Wildman–Crippen MR) is 87.0 cm³/mol. The molecule has 1 aromatic carbocycles. The molecule has 1 N–H and O–H groups in total. The molecule has 1 aliphatic carbocycles. The Morgan fingerprint density at radius 3 is 2.81 bits per heavy atom. The van der Waals surface area contributed by atoms with Crippen LogP contribution >= 0.6 is 11.3 Å².